The summed E-state index contributed by atoms with van der Waals surface area (Å²) >= 11 is 5.85. The van der Waals surface area contributed by atoms with E-state index in [1.165, 1.54) is 6.20 Å². The molecule has 0 bridgehead atoms. The zero-order valence-corrected chi connectivity index (χ0v) is 16.2. The average molecular weight is 397 g/mol. The van der Waals surface area contributed by atoms with Gasteiger partial charge in [-0.05, 0) is 35.7 Å². The standard InChI is InChI=1S/C21H21ClN4O2/c1-28-19-5-3-2-4-16(19)10-11-23-20-14-24-18(13-25-20)21(27)26-12-15-6-8-17(22)9-7-15/h2-9,13-14H,10-12H2,1H3,(H,23,25)(H,26,27). The SMILES string of the molecule is COc1ccccc1CCNc1cnc(C(=O)NCc2ccc(Cl)cc2)cn1. The van der Waals surface area contributed by atoms with Crippen molar-refractivity contribution in [2.45, 2.75) is 13.0 Å². The van der Waals surface area contributed by atoms with E-state index in [2.05, 4.69) is 20.6 Å². The molecule has 2 aromatic carbocycles. The Hall–Kier alpha value is -3.12. The van der Waals surface area contributed by atoms with Crippen LogP contribution in [-0.2, 0) is 13.0 Å². The minimum atomic E-state index is -0.275. The molecule has 3 rings (SSSR count). The quantitative estimate of drug-likeness (QED) is 0.606. The van der Waals surface area contributed by atoms with Gasteiger partial charge in [-0.3, -0.25) is 4.79 Å². The Morgan fingerprint density at radius 3 is 2.57 bits per heavy atom. The maximum Gasteiger partial charge on any atom is 0.271 e. The predicted octanol–water partition coefficient (Wildman–Crippen LogP) is 3.72. The molecular weight excluding hydrogens is 376 g/mol. The van der Waals surface area contributed by atoms with E-state index < -0.39 is 0 Å². The van der Waals surface area contributed by atoms with Gasteiger partial charge in [0.05, 0.1) is 19.5 Å². The molecule has 1 amide bonds. The molecule has 0 spiro atoms. The van der Waals surface area contributed by atoms with Gasteiger partial charge >= 0.3 is 0 Å². The third-order valence-electron chi connectivity index (χ3n) is 4.14. The van der Waals surface area contributed by atoms with Gasteiger partial charge < -0.3 is 15.4 Å². The van der Waals surface area contributed by atoms with Crippen LogP contribution in [0.15, 0.2) is 60.9 Å². The summed E-state index contributed by atoms with van der Waals surface area (Å²) in [5.74, 6) is 1.20. The van der Waals surface area contributed by atoms with Crippen molar-refractivity contribution in [2.75, 3.05) is 19.0 Å². The van der Waals surface area contributed by atoms with Crippen LogP contribution < -0.4 is 15.4 Å². The molecule has 7 heteroatoms. The molecule has 1 aromatic heterocycles. The van der Waals surface area contributed by atoms with Gasteiger partial charge in [-0.1, -0.05) is 41.9 Å². The Morgan fingerprint density at radius 2 is 1.86 bits per heavy atom. The second kappa shape index (κ2) is 9.71. The van der Waals surface area contributed by atoms with Gasteiger partial charge in [0.15, 0.2) is 0 Å². The van der Waals surface area contributed by atoms with E-state index in [-0.39, 0.29) is 11.6 Å². The van der Waals surface area contributed by atoms with E-state index in [4.69, 9.17) is 16.3 Å². The van der Waals surface area contributed by atoms with Crippen molar-refractivity contribution in [1.82, 2.24) is 15.3 Å². The maximum absolute atomic E-state index is 12.2. The molecule has 28 heavy (non-hydrogen) atoms. The normalized spacial score (nSPS) is 10.4. The lowest BCUT2D eigenvalue weighted by molar-refractivity contribution is 0.0945. The average Bonchev–Trinajstić information content (AvgIpc) is 2.74. The lowest BCUT2D eigenvalue weighted by atomic mass is 10.1. The van der Waals surface area contributed by atoms with Crippen LogP contribution >= 0.6 is 11.6 Å². The van der Waals surface area contributed by atoms with Crippen LogP contribution in [0, 0.1) is 0 Å². The summed E-state index contributed by atoms with van der Waals surface area (Å²) in [6, 6.07) is 15.2. The van der Waals surface area contributed by atoms with E-state index in [0.717, 1.165) is 23.3 Å². The highest BCUT2D eigenvalue weighted by molar-refractivity contribution is 6.30. The fraction of sp³-hybridized carbons (Fsp3) is 0.190. The van der Waals surface area contributed by atoms with Crippen LogP contribution in [0.1, 0.15) is 21.6 Å². The third kappa shape index (κ3) is 5.44. The van der Waals surface area contributed by atoms with Crippen molar-refractivity contribution in [3.05, 3.63) is 82.8 Å². The molecule has 0 aliphatic heterocycles. The summed E-state index contributed by atoms with van der Waals surface area (Å²) < 4.78 is 5.34. The second-order valence-electron chi connectivity index (χ2n) is 6.08. The molecule has 0 atom stereocenters. The van der Waals surface area contributed by atoms with Gasteiger partial charge in [-0.15, -0.1) is 0 Å². The molecule has 0 radical (unpaired) electrons. The van der Waals surface area contributed by atoms with Crippen molar-refractivity contribution in [3.8, 4) is 5.75 Å². The monoisotopic (exact) mass is 396 g/mol. The topological polar surface area (TPSA) is 76.1 Å². The lowest BCUT2D eigenvalue weighted by Gasteiger charge is -2.09. The van der Waals surface area contributed by atoms with Crippen molar-refractivity contribution < 1.29 is 9.53 Å². The Balaban J connectivity index is 1.48. The highest BCUT2D eigenvalue weighted by Gasteiger charge is 2.08. The minimum Gasteiger partial charge on any atom is -0.496 e. The Morgan fingerprint density at radius 1 is 1.07 bits per heavy atom. The van der Waals surface area contributed by atoms with Crippen molar-refractivity contribution in [1.29, 1.82) is 0 Å². The highest BCUT2D eigenvalue weighted by atomic mass is 35.5. The van der Waals surface area contributed by atoms with Crippen LogP contribution in [0.4, 0.5) is 5.82 Å². The van der Waals surface area contributed by atoms with Crippen molar-refractivity contribution in [2.24, 2.45) is 0 Å². The summed E-state index contributed by atoms with van der Waals surface area (Å²) in [7, 11) is 1.66. The van der Waals surface area contributed by atoms with E-state index in [0.29, 0.717) is 23.9 Å². The van der Waals surface area contributed by atoms with Gasteiger partial charge in [-0.2, -0.15) is 0 Å². The predicted molar refractivity (Wildman–Crippen MR) is 110 cm³/mol. The molecule has 3 aromatic rings. The van der Waals surface area contributed by atoms with E-state index in [1.807, 2.05) is 36.4 Å². The van der Waals surface area contributed by atoms with Crippen LogP contribution in [0.5, 0.6) is 5.75 Å². The summed E-state index contributed by atoms with van der Waals surface area (Å²) in [6.07, 6.45) is 3.80. The molecule has 0 unspecified atom stereocenters. The molecule has 0 saturated heterocycles. The van der Waals surface area contributed by atoms with Crippen molar-refractivity contribution in [3.63, 3.8) is 0 Å². The summed E-state index contributed by atoms with van der Waals surface area (Å²) in [5, 5.41) is 6.67. The number of halogens is 1. The van der Waals surface area contributed by atoms with E-state index in [1.54, 1.807) is 25.4 Å². The molecular formula is C21H21ClN4O2. The van der Waals surface area contributed by atoms with Gasteiger partial charge in [0.2, 0.25) is 0 Å². The Labute approximate surface area is 168 Å². The van der Waals surface area contributed by atoms with Crippen molar-refractivity contribution >= 4 is 23.3 Å². The molecule has 6 nitrogen and oxygen atoms in total. The smallest absolute Gasteiger partial charge is 0.271 e. The number of hydrogen-bond donors (Lipinski definition) is 2. The van der Waals surface area contributed by atoms with Gasteiger partial charge in [-0.25, -0.2) is 9.97 Å². The summed E-state index contributed by atoms with van der Waals surface area (Å²) in [4.78, 5) is 20.6. The number of rotatable bonds is 8. The number of carbonyl (C=O) groups is 1. The number of methoxy groups -OCH3 is 1. The summed E-state index contributed by atoms with van der Waals surface area (Å²) in [5.41, 5.74) is 2.34. The van der Waals surface area contributed by atoms with Crippen LogP contribution in [-0.4, -0.2) is 29.5 Å². The highest BCUT2D eigenvalue weighted by Crippen LogP contribution is 2.17. The van der Waals surface area contributed by atoms with Gasteiger partial charge in [0.1, 0.15) is 17.3 Å². The van der Waals surface area contributed by atoms with Gasteiger partial charge in [0, 0.05) is 18.1 Å². The molecule has 0 saturated carbocycles. The fourth-order valence-electron chi connectivity index (χ4n) is 2.65. The number of carbonyl (C=O) groups excluding carboxylic acids is 1. The molecule has 2 N–H and O–H groups in total. The Kier molecular flexibility index (Phi) is 6.81. The molecule has 0 aliphatic carbocycles. The zero-order chi connectivity index (χ0) is 19.8. The van der Waals surface area contributed by atoms with Crippen LogP contribution in [0.25, 0.3) is 0 Å². The van der Waals surface area contributed by atoms with Crippen LogP contribution in [0.3, 0.4) is 0 Å². The minimum absolute atomic E-state index is 0.268. The number of para-hydroxylation sites is 1. The van der Waals surface area contributed by atoms with Gasteiger partial charge in [0.25, 0.3) is 5.91 Å². The first kappa shape index (κ1) is 19.6. The number of ether oxygens (including phenoxy) is 1. The number of anilines is 1. The zero-order valence-electron chi connectivity index (χ0n) is 15.5. The summed E-state index contributed by atoms with van der Waals surface area (Å²) in [6.45, 7) is 1.08. The molecule has 0 fully saturated rings. The lowest BCUT2D eigenvalue weighted by Crippen LogP contribution is -2.24. The third-order valence-corrected chi connectivity index (χ3v) is 4.40. The second-order valence-corrected chi connectivity index (χ2v) is 6.52. The Bertz CT molecular complexity index is 914. The van der Waals surface area contributed by atoms with Crippen LogP contribution in [0.2, 0.25) is 5.02 Å². The largest absolute Gasteiger partial charge is 0.496 e. The number of hydrogen-bond acceptors (Lipinski definition) is 5. The molecule has 0 aliphatic rings. The van der Waals surface area contributed by atoms with E-state index in [9.17, 15) is 4.79 Å². The first-order valence-corrected chi connectivity index (χ1v) is 9.24. The number of nitrogens with zero attached hydrogens (tertiary/aromatic N) is 2. The van der Waals surface area contributed by atoms with E-state index >= 15 is 0 Å². The first-order valence-electron chi connectivity index (χ1n) is 8.86. The molecule has 1 heterocycles. The molecule has 144 valence electrons. The fourth-order valence-corrected chi connectivity index (χ4v) is 2.77. The number of nitrogens with one attached hydrogen (secondary N) is 2. The first-order chi connectivity index (χ1) is 13.7. The maximum atomic E-state index is 12.2. The number of benzene rings is 2. The number of aromatic nitrogens is 2. The number of amides is 1.